The summed E-state index contributed by atoms with van der Waals surface area (Å²) in [6, 6.07) is 0. The molecule has 0 aromatic carbocycles. The van der Waals surface area contributed by atoms with Crippen LogP contribution in [0.1, 0.15) is 91.4 Å². The Hall–Kier alpha value is -0.790. The molecule has 2 aliphatic carbocycles. The van der Waals surface area contributed by atoms with Crippen LogP contribution in [-0.2, 0) is 4.79 Å². The minimum absolute atomic E-state index is 0.133. The lowest BCUT2D eigenvalue weighted by Crippen LogP contribution is -2.41. The van der Waals surface area contributed by atoms with E-state index < -0.39 is 0 Å². The van der Waals surface area contributed by atoms with Crippen LogP contribution in [0.25, 0.3) is 0 Å². The number of amides is 1. The molecule has 2 nitrogen and oxygen atoms in total. The third kappa shape index (κ3) is 4.11. The molecule has 2 saturated carbocycles. The van der Waals surface area contributed by atoms with Gasteiger partial charge in [-0.25, -0.2) is 0 Å². The molecule has 0 aliphatic heterocycles. The Morgan fingerprint density at radius 3 is 2.19 bits per heavy atom. The SMILES string of the molecule is CC/C(C)=C(/NC(=O)C1(C)CCCCC1)C1CCCCC1. The fourth-order valence-electron chi connectivity index (χ4n) is 3.97. The molecule has 0 spiro atoms. The second kappa shape index (κ2) is 7.47. The summed E-state index contributed by atoms with van der Waals surface area (Å²) in [6.45, 7) is 6.57. The molecule has 0 aromatic heterocycles. The highest BCUT2D eigenvalue weighted by molar-refractivity contribution is 5.84. The summed E-state index contributed by atoms with van der Waals surface area (Å²) >= 11 is 0. The monoisotopic (exact) mass is 291 g/mol. The highest BCUT2D eigenvalue weighted by atomic mass is 16.2. The summed E-state index contributed by atoms with van der Waals surface area (Å²) in [5, 5.41) is 3.39. The van der Waals surface area contributed by atoms with Crippen LogP contribution in [-0.4, -0.2) is 5.91 Å². The maximum absolute atomic E-state index is 12.8. The molecular weight excluding hydrogens is 258 g/mol. The van der Waals surface area contributed by atoms with Crippen LogP contribution in [0, 0.1) is 11.3 Å². The molecule has 2 aliphatic rings. The molecular formula is C19H33NO. The normalized spacial score (nSPS) is 24.3. The number of rotatable bonds is 4. The van der Waals surface area contributed by atoms with E-state index in [-0.39, 0.29) is 11.3 Å². The maximum Gasteiger partial charge on any atom is 0.230 e. The number of hydrogen-bond donors (Lipinski definition) is 1. The quantitative estimate of drug-likeness (QED) is 0.744. The molecule has 1 amide bonds. The first kappa shape index (κ1) is 16.6. The van der Waals surface area contributed by atoms with E-state index in [1.165, 1.54) is 62.6 Å². The van der Waals surface area contributed by atoms with Gasteiger partial charge in [-0.1, -0.05) is 57.9 Å². The van der Waals surface area contributed by atoms with Gasteiger partial charge in [0.1, 0.15) is 0 Å². The van der Waals surface area contributed by atoms with E-state index in [9.17, 15) is 4.79 Å². The van der Waals surface area contributed by atoms with Crippen molar-refractivity contribution >= 4 is 5.91 Å². The van der Waals surface area contributed by atoms with Gasteiger partial charge in [0, 0.05) is 11.1 Å². The Balaban J connectivity index is 2.09. The Morgan fingerprint density at radius 2 is 1.62 bits per heavy atom. The summed E-state index contributed by atoms with van der Waals surface area (Å²) < 4.78 is 0. The average molecular weight is 291 g/mol. The van der Waals surface area contributed by atoms with Crippen molar-refractivity contribution in [1.82, 2.24) is 5.32 Å². The third-order valence-electron chi connectivity index (χ3n) is 5.76. The summed E-state index contributed by atoms with van der Waals surface area (Å²) in [5.41, 5.74) is 2.52. The van der Waals surface area contributed by atoms with E-state index in [2.05, 4.69) is 26.1 Å². The van der Waals surface area contributed by atoms with Gasteiger partial charge in [0.05, 0.1) is 0 Å². The van der Waals surface area contributed by atoms with Crippen molar-refractivity contribution in [3.8, 4) is 0 Å². The zero-order chi connectivity index (χ0) is 15.3. The van der Waals surface area contributed by atoms with Crippen molar-refractivity contribution in [3.63, 3.8) is 0 Å². The second-order valence-corrected chi connectivity index (χ2v) is 7.46. The van der Waals surface area contributed by atoms with Gasteiger partial charge in [-0.2, -0.15) is 0 Å². The Bertz CT molecular complexity index is 384. The molecule has 0 atom stereocenters. The Kier molecular flexibility index (Phi) is 5.89. The number of hydrogen-bond acceptors (Lipinski definition) is 1. The van der Waals surface area contributed by atoms with E-state index in [4.69, 9.17) is 0 Å². The lowest BCUT2D eigenvalue weighted by atomic mass is 9.74. The van der Waals surface area contributed by atoms with Crippen molar-refractivity contribution in [2.45, 2.75) is 91.4 Å². The Labute approximate surface area is 130 Å². The van der Waals surface area contributed by atoms with Crippen molar-refractivity contribution in [1.29, 1.82) is 0 Å². The molecule has 21 heavy (non-hydrogen) atoms. The minimum Gasteiger partial charge on any atom is -0.329 e. The molecule has 0 heterocycles. The Morgan fingerprint density at radius 1 is 1.05 bits per heavy atom. The number of carbonyl (C=O) groups is 1. The molecule has 2 heteroatoms. The van der Waals surface area contributed by atoms with Gasteiger partial charge in [0.15, 0.2) is 0 Å². The van der Waals surface area contributed by atoms with Gasteiger partial charge in [-0.05, 0) is 44.9 Å². The molecule has 120 valence electrons. The predicted molar refractivity (Wildman–Crippen MR) is 88.9 cm³/mol. The molecule has 0 saturated heterocycles. The van der Waals surface area contributed by atoms with Gasteiger partial charge in [-0.15, -0.1) is 0 Å². The minimum atomic E-state index is -0.133. The molecule has 0 unspecified atom stereocenters. The number of carbonyl (C=O) groups excluding carboxylic acids is 1. The van der Waals surface area contributed by atoms with Crippen LogP contribution in [0.4, 0.5) is 0 Å². The van der Waals surface area contributed by atoms with Crippen LogP contribution in [0.3, 0.4) is 0 Å². The van der Waals surface area contributed by atoms with Gasteiger partial charge in [-0.3, -0.25) is 4.79 Å². The second-order valence-electron chi connectivity index (χ2n) is 7.46. The fraction of sp³-hybridized carbons (Fsp3) is 0.842. The van der Waals surface area contributed by atoms with Crippen molar-refractivity contribution in [2.24, 2.45) is 11.3 Å². The van der Waals surface area contributed by atoms with Gasteiger partial charge < -0.3 is 5.32 Å². The summed E-state index contributed by atoms with van der Waals surface area (Å²) in [6.07, 6.45) is 13.4. The largest absolute Gasteiger partial charge is 0.329 e. The van der Waals surface area contributed by atoms with Gasteiger partial charge in [0.25, 0.3) is 0 Å². The van der Waals surface area contributed by atoms with E-state index in [1.54, 1.807) is 0 Å². The van der Waals surface area contributed by atoms with Crippen molar-refractivity contribution < 1.29 is 4.79 Å². The first-order valence-corrected chi connectivity index (χ1v) is 9.08. The van der Waals surface area contributed by atoms with Crippen molar-refractivity contribution in [2.75, 3.05) is 0 Å². The third-order valence-corrected chi connectivity index (χ3v) is 5.76. The smallest absolute Gasteiger partial charge is 0.230 e. The highest BCUT2D eigenvalue weighted by Crippen LogP contribution is 2.37. The molecule has 0 aromatic rings. The van der Waals surface area contributed by atoms with Crippen LogP contribution < -0.4 is 5.32 Å². The summed E-state index contributed by atoms with van der Waals surface area (Å²) in [5.74, 6) is 0.880. The van der Waals surface area contributed by atoms with E-state index >= 15 is 0 Å². The lowest BCUT2D eigenvalue weighted by molar-refractivity contribution is -0.131. The first-order chi connectivity index (χ1) is 10.1. The average Bonchev–Trinajstić information content (AvgIpc) is 2.53. The number of nitrogens with one attached hydrogen (secondary N) is 1. The zero-order valence-corrected chi connectivity index (χ0v) is 14.3. The molecule has 0 bridgehead atoms. The molecule has 2 rings (SSSR count). The lowest BCUT2D eigenvalue weighted by Gasteiger charge is -2.34. The predicted octanol–water partition coefficient (Wildman–Crippen LogP) is 5.34. The maximum atomic E-state index is 12.8. The van der Waals surface area contributed by atoms with E-state index in [1.807, 2.05) is 0 Å². The summed E-state index contributed by atoms with van der Waals surface area (Å²) in [4.78, 5) is 12.8. The van der Waals surface area contributed by atoms with Crippen LogP contribution in [0.15, 0.2) is 11.3 Å². The van der Waals surface area contributed by atoms with Crippen molar-refractivity contribution in [3.05, 3.63) is 11.3 Å². The fourth-order valence-corrected chi connectivity index (χ4v) is 3.97. The van der Waals surface area contributed by atoms with Crippen LogP contribution in [0.5, 0.6) is 0 Å². The first-order valence-electron chi connectivity index (χ1n) is 9.08. The van der Waals surface area contributed by atoms with E-state index in [0.717, 1.165) is 19.3 Å². The zero-order valence-electron chi connectivity index (χ0n) is 14.3. The van der Waals surface area contributed by atoms with Gasteiger partial charge >= 0.3 is 0 Å². The van der Waals surface area contributed by atoms with Gasteiger partial charge in [0.2, 0.25) is 5.91 Å². The highest BCUT2D eigenvalue weighted by Gasteiger charge is 2.35. The summed E-state index contributed by atoms with van der Waals surface area (Å²) in [7, 11) is 0. The van der Waals surface area contributed by atoms with Crippen LogP contribution in [0.2, 0.25) is 0 Å². The van der Waals surface area contributed by atoms with Crippen LogP contribution >= 0.6 is 0 Å². The number of allylic oxidation sites excluding steroid dienone is 2. The molecule has 0 radical (unpaired) electrons. The molecule has 1 N–H and O–H groups in total. The topological polar surface area (TPSA) is 29.1 Å². The molecule has 2 fully saturated rings. The van der Waals surface area contributed by atoms with E-state index in [0.29, 0.717) is 5.92 Å². The standard InChI is InChI=1S/C19H33NO/c1-4-15(2)17(16-11-7-5-8-12-16)20-18(21)19(3)13-9-6-10-14-19/h16H,4-14H2,1-3H3,(H,20,21)/b17-15+.